The fourth-order valence-electron chi connectivity index (χ4n) is 0.537. The Kier molecular flexibility index (Phi) is 5.72. The summed E-state index contributed by atoms with van der Waals surface area (Å²) in [6.07, 6.45) is 4.88. The van der Waals surface area contributed by atoms with Crippen LogP contribution in [0.2, 0.25) is 0 Å². The van der Waals surface area contributed by atoms with Crippen molar-refractivity contribution >= 4 is 10.0 Å². The van der Waals surface area contributed by atoms with Gasteiger partial charge in [-0.1, -0.05) is 5.92 Å². The molecule has 0 spiro atoms. The van der Waals surface area contributed by atoms with E-state index in [9.17, 15) is 8.42 Å². The van der Waals surface area contributed by atoms with Gasteiger partial charge in [0.2, 0.25) is 10.0 Å². The third kappa shape index (κ3) is 6.16. The van der Waals surface area contributed by atoms with E-state index >= 15 is 0 Å². The summed E-state index contributed by atoms with van der Waals surface area (Å²) >= 11 is 0. The lowest BCUT2D eigenvalue weighted by atomic mass is 10.7. The van der Waals surface area contributed by atoms with E-state index in [1.165, 1.54) is 0 Å². The van der Waals surface area contributed by atoms with Crippen molar-refractivity contribution in [3.63, 3.8) is 0 Å². The van der Waals surface area contributed by atoms with E-state index < -0.39 is 10.0 Å². The Morgan fingerprint density at radius 1 is 1.58 bits per heavy atom. The van der Waals surface area contributed by atoms with Crippen LogP contribution in [-0.2, 0) is 14.8 Å². The van der Waals surface area contributed by atoms with E-state index in [1.54, 1.807) is 0 Å². The largest absolute Gasteiger partial charge is 0.381 e. The second-order valence-electron chi connectivity index (χ2n) is 2.04. The third-order valence-electron chi connectivity index (χ3n) is 1.09. The minimum Gasteiger partial charge on any atom is -0.381 e. The molecule has 1 N–H and O–H groups in total. The number of rotatable bonds is 6. The Labute approximate surface area is 73.4 Å². The molecule has 4 nitrogen and oxygen atoms in total. The minimum atomic E-state index is -3.23. The van der Waals surface area contributed by atoms with Gasteiger partial charge in [-0.05, 0) is 6.92 Å². The molecule has 0 aliphatic carbocycles. The number of hydrogen-bond donors (Lipinski definition) is 1. The first kappa shape index (κ1) is 11.4. The zero-order valence-corrected chi connectivity index (χ0v) is 7.86. The van der Waals surface area contributed by atoms with Gasteiger partial charge in [0.05, 0.1) is 18.9 Å². The van der Waals surface area contributed by atoms with Gasteiger partial charge in [0, 0.05) is 6.61 Å². The minimum absolute atomic E-state index is 0.0362. The van der Waals surface area contributed by atoms with Gasteiger partial charge in [-0.3, -0.25) is 0 Å². The molecule has 0 aromatic carbocycles. The zero-order chi connectivity index (χ0) is 9.45. The van der Waals surface area contributed by atoms with E-state index in [2.05, 4.69) is 10.6 Å². The Morgan fingerprint density at radius 3 is 2.75 bits per heavy atom. The molecule has 0 saturated heterocycles. The standard InChI is InChI=1S/C7H13NO3S/c1-3-5-8-12(9,10)7-6-11-4-2/h1,8H,4-7H2,2H3. The fraction of sp³-hybridized carbons (Fsp3) is 0.714. The zero-order valence-electron chi connectivity index (χ0n) is 7.04. The molecule has 0 fully saturated rings. The predicted octanol–water partition coefficient (Wildman–Crippen LogP) is -0.425. The van der Waals surface area contributed by atoms with Gasteiger partial charge >= 0.3 is 0 Å². The summed E-state index contributed by atoms with van der Waals surface area (Å²) in [4.78, 5) is 0. The summed E-state index contributed by atoms with van der Waals surface area (Å²) in [6.45, 7) is 2.57. The van der Waals surface area contributed by atoms with Crippen LogP contribution < -0.4 is 4.72 Å². The van der Waals surface area contributed by atoms with E-state index in [4.69, 9.17) is 11.2 Å². The van der Waals surface area contributed by atoms with Crippen molar-refractivity contribution in [1.29, 1.82) is 0 Å². The maximum atomic E-state index is 11.0. The van der Waals surface area contributed by atoms with Crippen molar-refractivity contribution in [2.75, 3.05) is 25.5 Å². The first-order chi connectivity index (χ1) is 5.62. The monoisotopic (exact) mass is 191 g/mol. The van der Waals surface area contributed by atoms with Crippen LogP contribution in [0.3, 0.4) is 0 Å². The molecule has 70 valence electrons. The second kappa shape index (κ2) is 6.00. The lowest BCUT2D eigenvalue weighted by Crippen LogP contribution is -2.28. The van der Waals surface area contributed by atoms with Gasteiger partial charge in [0.15, 0.2) is 0 Å². The maximum Gasteiger partial charge on any atom is 0.214 e. The summed E-state index contributed by atoms with van der Waals surface area (Å²) in [7, 11) is -3.23. The van der Waals surface area contributed by atoms with Gasteiger partial charge < -0.3 is 4.74 Å². The summed E-state index contributed by atoms with van der Waals surface area (Å²) in [5.74, 6) is 2.14. The molecule has 12 heavy (non-hydrogen) atoms. The van der Waals surface area contributed by atoms with Gasteiger partial charge in [0.25, 0.3) is 0 Å². The summed E-state index contributed by atoms with van der Waals surface area (Å²) < 4.78 is 29.1. The van der Waals surface area contributed by atoms with Gasteiger partial charge in [-0.25, -0.2) is 13.1 Å². The normalized spacial score (nSPS) is 11.0. The fourth-order valence-corrected chi connectivity index (χ4v) is 1.32. The number of hydrogen-bond acceptors (Lipinski definition) is 3. The van der Waals surface area contributed by atoms with Crippen molar-refractivity contribution < 1.29 is 13.2 Å². The van der Waals surface area contributed by atoms with Crippen LogP contribution >= 0.6 is 0 Å². The lowest BCUT2D eigenvalue weighted by molar-refractivity contribution is 0.163. The molecular formula is C7H13NO3S. The first-order valence-electron chi connectivity index (χ1n) is 3.61. The predicted molar refractivity (Wildman–Crippen MR) is 47.1 cm³/mol. The topological polar surface area (TPSA) is 55.4 Å². The van der Waals surface area contributed by atoms with Crippen molar-refractivity contribution in [1.82, 2.24) is 4.72 Å². The highest BCUT2D eigenvalue weighted by molar-refractivity contribution is 7.89. The number of nitrogens with one attached hydrogen (secondary N) is 1. The Morgan fingerprint density at radius 2 is 2.25 bits per heavy atom. The lowest BCUT2D eigenvalue weighted by Gasteiger charge is -2.02. The highest BCUT2D eigenvalue weighted by Crippen LogP contribution is 1.84. The molecule has 0 rings (SSSR count). The highest BCUT2D eigenvalue weighted by Gasteiger charge is 2.07. The molecule has 0 heterocycles. The van der Waals surface area contributed by atoms with Crippen LogP contribution in [-0.4, -0.2) is 33.9 Å². The highest BCUT2D eigenvalue weighted by atomic mass is 32.2. The molecule has 0 unspecified atom stereocenters. The molecule has 0 aromatic heterocycles. The molecule has 0 aromatic rings. The van der Waals surface area contributed by atoms with E-state index in [0.717, 1.165) is 0 Å². The molecule has 0 aliphatic heterocycles. The molecule has 0 aliphatic rings. The van der Waals surface area contributed by atoms with E-state index in [0.29, 0.717) is 6.61 Å². The SMILES string of the molecule is C#CCNS(=O)(=O)CCOCC. The Hall–Kier alpha value is -0.570. The molecule has 0 atom stereocenters. The van der Waals surface area contributed by atoms with Crippen molar-refractivity contribution in [2.24, 2.45) is 0 Å². The molecule has 0 radical (unpaired) electrons. The van der Waals surface area contributed by atoms with Crippen LogP contribution in [0.1, 0.15) is 6.92 Å². The third-order valence-corrected chi connectivity index (χ3v) is 2.38. The van der Waals surface area contributed by atoms with E-state index in [1.807, 2.05) is 6.92 Å². The Balaban J connectivity index is 3.67. The molecule has 5 heteroatoms. The molecule has 0 bridgehead atoms. The van der Waals surface area contributed by atoms with Gasteiger partial charge in [0.1, 0.15) is 0 Å². The van der Waals surface area contributed by atoms with Crippen LogP contribution in [0.15, 0.2) is 0 Å². The molecular weight excluding hydrogens is 178 g/mol. The number of terminal acetylenes is 1. The number of ether oxygens (including phenoxy) is 1. The maximum absolute atomic E-state index is 11.0. The van der Waals surface area contributed by atoms with Gasteiger partial charge in [-0.2, -0.15) is 0 Å². The van der Waals surface area contributed by atoms with E-state index in [-0.39, 0.29) is 18.9 Å². The Bertz CT molecular complexity index is 240. The average Bonchev–Trinajstić information content (AvgIpc) is 2.01. The van der Waals surface area contributed by atoms with Crippen LogP contribution in [0.25, 0.3) is 0 Å². The summed E-state index contributed by atoms with van der Waals surface area (Å²) in [5, 5.41) is 0. The van der Waals surface area contributed by atoms with Crippen molar-refractivity contribution in [3.8, 4) is 12.3 Å². The van der Waals surface area contributed by atoms with Gasteiger partial charge in [-0.15, -0.1) is 6.42 Å². The molecule has 0 amide bonds. The smallest absolute Gasteiger partial charge is 0.214 e. The average molecular weight is 191 g/mol. The second-order valence-corrected chi connectivity index (χ2v) is 3.97. The van der Waals surface area contributed by atoms with Crippen molar-refractivity contribution in [3.05, 3.63) is 0 Å². The summed E-state index contributed by atoms with van der Waals surface area (Å²) in [6, 6.07) is 0. The van der Waals surface area contributed by atoms with Crippen molar-refractivity contribution in [2.45, 2.75) is 6.92 Å². The number of sulfonamides is 1. The first-order valence-corrected chi connectivity index (χ1v) is 5.26. The quantitative estimate of drug-likeness (QED) is 0.458. The van der Waals surface area contributed by atoms with Crippen LogP contribution in [0, 0.1) is 12.3 Å². The molecule has 0 saturated carbocycles. The summed E-state index contributed by atoms with van der Waals surface area (Å²) in [5.41, 5.74) is 0. The van der Waals surface area contributed by atoms with Crippen LogP contribution in [0.4, 0.5) is 0 Å². The van der Waals surface area contributed by atoms with Crippen LogP contribution in [0.5, 0.6) is 0 Å².